The second-order valence-corrected chi connectivity index (χ2v) is 7.17. The van der Waals surface area contributed by atoms with Crippen molar-refractivity contribution >= 4 is 48.9 Å². The van der Waals surface area contributed by atoms with Gasteiger partial charge in [0.2, 0.25) is 17.7 Å². The molecule has 29 heavy (non-hydrogen) atoms. The second kappa shape index (κ2) is 14.4. The van der Waals surface area contributed by atoms with Gasteiger partial charge in [0, 0.05) is 11.5 Å². The van der Waals surface area contributed by atoms with E-state index in [9.17, 15) is 24.3 Å². The van der Waals surface area contributed by atoms with E-state index in [0.29, 0.717) is 19.4 Å². The van der Waals surface area contributed by atoms with Crippen LogP contribution in [0.25, 0.3) is 0 Å². The summed E-state index contributed by atoms with van der Waals surface area (Å²) in [6, 6.07) is -4.67. The highest BCUT2D eigenvalue weighted by Gasteiger charge is 2.32. The smallest absolute Gasteiger partial charge is 0.327 e. The summed E-state index contributed by atoms with van der Waals surface area (Å²) in [4.78, 5) is 48.1. The second-order valence-electron chi connectivity index (χ2n) is 6.44. The van der Waals surface area contributed by atoms with Crippen LogP contribution in [0.15, 0.2) is 0 Å². The summed E-state index contributed by atoms with van der Waals surface area (Å²) in [6.45, 7) is 1.66. The van der Waals surface area contributed by atoms with Crippen LogP contribution in [0.4, 0.5) is 0 Å². The van der Waals surface area contributed by atoms with E-state index in [1.807, 2.05) is 0 Å². The summed E-state index contributed by atoms with van der Waals surface area (Å²) in [5, 5.41) is 25.9. The molecule has 5 atom stereocenters. The Morgan fingerprint density at radius 2 is 1.52 bits per heavy atom. The molecule has 0 aromatic rings. The fraction of sp³-hybridized carbons (Fsp3) is 0.750. The molecule has 0 aliphatic carbocycles. The van der Waals surface area contributed by atoms with Gasteiger partial charge < -0.3 is 37.6 Å². The van der Waals surface area contributed by atoms with Crippen molar-refractivity contribution in [1.82, 2.24) is 16.0 Å². The molecule has 9 N–H and O–H groups in total. The third kappa shape index (κ3) is 10.2. The molecular formula is C16H31N5O6S2. The van der Waals surface area contributed by atoms with Crippen molar-refractivity contribution < 1.29 is 29.4 Å². The van der Waals surface area contributed by atoms with Gasteiger partial charge in [0.1, 0.15) is 18.1 Å². The molecule has 11 nitrogen and oxygen atoms in total. The summed E-state index contributed by atoms with van der Waals surface area (Å²) in [5.41, 5.74) is 11.1. The molecule has 168 valence electrons. The molecule has 0 aromatic heterocycles. The molecule has 5 unspecified atom stereocenters. The normalized spacial score (nSPS) is 16.1. The van der Waals surface area contributed by atoms with E-state index in [4.69, 9.17) is 16.6 Å². The Balaban J connectivity index is 5.27. The largest absolute Gasteiger partial charge is 0.480 e. The molecule has 0 radical (unpaired) electrons. The lowest BCUT2D eigenvalue weighted by Crippen LogP contribution is -2.60. The summed E-state index contributed by atoms with van der Waals surface area (Å²) in [7, 11) is 0. The first kappa shape index (κ1) is 27.5. The highest BCUT2D eigenvalue weighted by molar-refractivity contribution is 7.80. The number of aliphatic carboxylic acids is 1. The minimum Gasteiger partial charge on any atom is -0.480 e. The van der Waals surface area contributed by atoms with Crippen molar-refractivity contribution in [2.75, 3.05) is 18.1 Å². The number of carboxylic acid groups (broad SMARTS) is 1. The van der Waals surface area contributed by atoms with Crippen LogP contribution in [0, 0.1) is 0 Å². The van der Waals surface area contributed by atoms with E-state index in [-0.39, 0.29) is 17.9 Å². The Labute approximate surface area is 180 Å². The van der Waals surface area contributed by atoms with Crippen LogP contribution in [0.1, 0.15) is 26.2 Å². The number of nitrogens with two attached hydrogens (primary N) is 2. The van der Waals surface area contributed by atoms with Gasteiger partial charge in [-0.3, -0.25) is 14.4 Å². The molecule has 0 heterocycles. The van der Waals surface area contributed by atoms with Crippen molar-refractivity contribution in [3.63, 3.8) is 0 Å². The third-order valence-electron chi connectivity index (χ3n) is 3.97. The van der Waals surface area contributed by atoms with Gasteiger partial charge in [-0.1, -0.05) is 0 Å². The van der Waals surface area contributed by atoms with Crippen molar-refractivity contribution in [3.05, 3.63) is 0 Å². The lowest BCUT2D eigenvalue weighted by molar-refractivity contribution is -0.142. The van der Waals surface area contributed by atoms with Crippen LogP contribution in [-0.4, -0.2) is 82.2 Å². The summed E-state index contributed by atoms with van der Waals surface area (Å²) < 4.78 is 0. The molecule has 0 bridgehead atoms. The van der Waals surface area contributed by atoms with Crippen LogP contribution < -0.4 is 27.4 Å². The van der Waals surface area contributed by atoms with Gasteiger partial charge in [0.15, 0.2) is 0 Å². The quantitative estimate of drug-likeness (QED) is 0.0994. The molecule has 0 fully saturated rings. The standard InChI is InChI=1S/C16H31N5O6S2/c1-8(22)12(15(25)20-11(7-29)16(26)27)21-14(24)10(4-2-3-5-17)19-13(23)9(18)6-28/h8-12,22,28-29H,2-7,17-18H2,1H3,(H,19,23)(H,20,25)(H,21,24)(H,26,27). The van der Waals surface area contributed by atoms with Gasteiger partial charge in [-0.2, -0.15) is 25.3 Å². The van der Waals surface area contributed by atoms with Gasteiger partial charge in [-0.25, -0.2) is 4.79 Å². The summed E-state index contributed by atoms with van der Waals surface area (Å²) in [5.74, 6) is -3.62. The highest BCUT2D eigenvalue weighted by atomic mass is 32.1. The molecular weight excluding hydrogens is 422 g/mol. The zero-order valence-electron chi connectivity index (χ0n) is 16.2. The van der Waals surface area contributed by atoms with Crippen LogP contribution in [0.5, 0.6) is 0 Å². The molecule has 0 aromatic carbocycles. The van der Waals surface area contributed by atoms with E-state index in [1.165, 1.54) is 6.92 Å². The molecule has 0 saturated heterocycles. The Bertz CT molecular complexity index is 566. The van der Waals surface area contributed by atoms with Gasteiger partial charge in [-0.05, 0) is 32.7 Å². The maximum atomic E-state index is 12.7. The average Bonchev–Trinajstić information content (AvgIpc) is 2.67. The molecule has 0 aliphatic rings. The fourth-order valence-electron chi connectivity index (χ4n) is 2.23. The first-order valence-electron chi connectivity index (χ1n) is 9.08. The SMILES string of the molecule is CC(O)C(NC(=O)C(CCCCN)NC(=O)C(N)CS)C(=O)NC(CS)C(=O)O. The first-order valence-corrected chi connectivity index (χ1v) is 10.3. The van der Waals surface area contributed by atoms with Crippen LogP contribution in [0.3, 0.4) is 0 Å². The van der Waals surface area contributed by atoms with Gasteiger partial charge in [-0.15, -0.1) is 0 Å². The van der Waals surface area contributed by atoms with Gasteiger partial charge in [0.25, 0.3) is 0 Å². The Morgan fingerprint density at radius 3 is 1.97 bits per heavy atom. The number of carbonyl (C=O) groups is 4. The van der Waals surface area contributed by atoms with Crippen LogP contribution >= 0.6 is 25.3 Å². The van der Waals surface area contributed by atoms with Crippen molar-refractivity contribution in [2.24, 2.45) is 11.5 Å². The molecule has 3 amide bonds. The predicted octanol–water partition coefficient (Wildman–Crippen LogP) is -2.78. The molecule has 0 rings (SSSR count). The minimum absolute atomic E-state index is 0.0714. The van der Waals surface area contributed by atoms with E-state index >= 15 is 0 Å². The average molecular weight is 454 g/mol. The molecule has 0 aliphatic heterocycles. The van der Waals surface area contributed by atoms with E-state index in [2.05, 4.69) is 41.2 Å². The number of carbonyl (C=O) groups excluding carboxylic acids is 3. The first-order chi connectivity index (χ1) is 13.6. The van der Waals surface area contributed by atoms with Crippen LogP contribution in [-0.2, 0) is 19.2 Å². The third-order valence-corrected chi connectivity index (χ3v) is 4.73. The fourth-order valence-corrected chi connectivity index (χ4v) is 2.64. The predicted molar refractivity (Wildman–Crippen MR) is 114 cm³/mol. The Morgan fingerprint density at radius 1 is 0.931 bits per heavy atom. The summed E-state index contributed by atoms with van der Waals surface area (Å²) in [6.07, 6.45) is 0.0442. The highest BCUT2D eigenvalue weighted by Crippen LogP contribution is 2.04. The zero-order chi connectivity index (χ0) is 22.6. The molecule has 0 saturated carbocycles. The maximum absolute atomic E-state index is 12.7. The van der Waals surface area contributed by atoms with E-state index in [1.54, 1.807) is 0 Å². The maximum Gasteiger partial charge on any atom is 0.327 e. The monoisotopic (exact) mass is 453 g/mol. The number of unbranched alkanes of at least 4 members (excludes halogenated alkanes) is 1. The number of hydrogen-bond donors (Lipinski definition) is 9. The number of aliphatic hydroxyl groups is 1. The van der Waals surface area contributed by atoms with Crippen molar-refractivity contribution in [3.8, 4) is 0 Å². The summed E-state index contributed by atoms with van der Waals surface area (Å²) >= 11 is 7.78. The van der Waals surface area contributed by atoms with Gasteiger partial charge in [0.05, 0.1) is 12.1 Å². The number of aliphatic hydroxyl groups excluding tert-OH is 1. The Hall–Kier alpha value is -1.54. The Kier molecular flexibility index (Phi) is 13.7. The number of thiol groups is 2. The number of hydrogen-bond acceptors (Lipinski definition) is 9. The van der Waals surface area contributed by atoms with Crippen molar-refractivity contribution in [2.45, 2.75) is 56.5 Å². The topological polar surface area (TPSA) is 197 Å². The molecule has 13 heteroatoms. The zero-order valence-corrected chi connectivity index (χ0v) is 18.0. The lowest BCUT2D eigenvalue weighted by atomic mass is 10.1. The minimum atomic E-state index is -1.43. The molecule has 0 spiro atoms. The number of carboxylic acids is 1. The lowest BCUT2D eigenvalue weighted by Gasteiger charge is -2.26. The van der Waals surface area contributed by atoms with Gasteiger partial charge >= 0.3 is 5.97 Å². The van der Waals surface area contributed by atoms with Crippen molar-refractivity contribution in [1.29, 1.82) is 0 Å². The van der Waals surface area contributed by atoms with E-state index < -0.39 is 54.0 Å². The number of amides is 3. The van der Waals surface area contributed by atoms with E-state index in [0.717, 1.165) is 0 Å². The number of nitrogens with one attached hydrogen (secondary N) is 3. The number of rotatable bonds is 14. The van der Waals surface area contributed by atoms with Crippen LogP contribution in [0.2, 0.25) is 0 Å².